The highest BCUT2D eigenvalue weighted by Gasteiger charge is 2.31. The van der Waals surface area contributed by atoms with E-state index in [0.717, 1.165) is 11.6 Å². The van der Waals surface area contributed by atoms with Crippen LogP contribution in [0.4, 0.5) is 17.6 Å². The van der Waals surface area contributed by atoms with Gasteiger partial charge in [-0.05, 0) is 23.8 Å². The molecule has 10 heteroatoms. The van der Waals surface area contributed by atoms with Gasteiger partial charge in [-0.25, -0.2) is 18.2 Å². The Bertz CT molecular complexity index is 1110. The molecule has 0 atom stereocenters. The minimum Gasteiger partial charge on any atom is -0.335 e. The van der Waals surface area contributed by atoms with Crippen molar-refractivity contribution >= 4 is 28.5 Å². The average Bonchev–Trinajstić information content (AvgIpc) is 2.93. The Morgan fingerprint density at radius 3 is 2.66 bits per heavy atom. The summed E-state index contributed by atoms with van der Waals surface area (Å²) in [7, 11) is 0. The molecule has 0 spiro atoms. The van der Waals surface area contributed by atoms with Crippen LogP contribution in [0.5, 0.6) is 0 Å². The molecular weight excluding hydrogens is 412 g/mol. The normalized spacial score (nSPS) is 15.0. The fourth-order valence-corrected chi connectivity index (χ4v) is 3.48. The van der Waals surface area contributed by atoms with Gasteiger partial charge in [0.15, 0.2) is 0 Å². The third kappa shape index (κ3) is 3.66. The zero-order chi connectivity index (χ0) is 20.9. The predicted octanol–water partition coefficient (Wildman–Crippen LogP) is 4.18. The molecule has 1 aliphatic rings. The van der Waals surface area contributed by atoms with Gasteiger partial charge in [0.1, 0.15) is 18.2 Å². The highest BCUT2D eigenvalue weighted by Crippen LogP contribution is 2.36. The molecule has 2 aromatic heterocycles. The summed E-state index contributed by atoms with van der Waals surface area (Å²) < 4.78 is 55.8. The number of pyridine rings is 1. The zero-order valence-corrected chi connectivity index (χ0v) is 15.9. The molecule has 1 aromatic carbocycles. The summed E-state index contributed by atoms with van der Waals surface area (Å²) in [4.78, 5) is 17.5. The van der Waals surface area contributed by atoms with E-state index in [1.807, 2.05) is 0 Å². The molecule has 3 aromatic rings. The van der Waals surface area contributed by atoms with Gasteiger partial charge in [0.25, 0.3) is 11.9 Å². The lowest BCUT2D eigenvalue weighted by atomic mass is 10.0. The molecule has 1 amide bonds. The van der Waals surface area contributed by atoms with Crippen molar-refractivity contribution < 1.29 is 22.4 Å². The van der Waals surface area contributed by atoms with Gasteiger partial charge in [-0.15, -0.1) is 5.10 Å². The predicted molar refractivity (Wildman–Crippen MR) is 99.0 cm³/mol. The maximum absolute atomic E-state index is 14.1. The minimum atomic E-state index is -3.14. The van der Waals surface area contributed by atoms with E-state index in [0.29, 0.717) is 11.1 Å². The van der Waals surface area contributed by atoms with Gasteiger partial charge in [-0.1, -0.05) is 17.7 Å². The van der Waals surface area contributed by atoms with Crippen molar-refractivity contribution in [3.63, 3.8) is 0 Å². The molecule has 152 valence electrons. The van der Waals surface area contributed by atoms with E-state index in [4.69, 9.17) is 11.6 Å². The summed E-state index contributed by atoms with van der Waals surface area (Å²) in [5.74, 6) is -4.40. The van der Waals surface area contributed by atoms with E-state index in [-0.39, 0.29) is 41.3 Å². The van der Waals surface area contributed by atoms with Crippen molar-refractivity contribution in [1.29, 1.82) is 0 Å². The number of benzene rings is 1. The summed E-state index contributed by atoms with van der Waals surface area (Å²) in [5, 5.41) is 3.63. The third-order valence-electron chi connectivity index (χ3n) is 4.80. The van der Waals surface area contributed by atoms with Crippen LogP contribution < -0.4 is 0 Å². The van der Waals surface area contributed by atoms with E-state index < -0.39 is 23.9 Å². The molecule has 0 aliphatic carbocycles. The molecule has 5 nitrogen and oxygen atoms in total. The molecule has 3 heterocycles. The SMILES string of the molecule is CC(F)(F)c1cc(-c2cnc3c(F)nn(CC(=O)N4CC(F)C4)c3c2)ccc1Cl. The highest BCUT2D eigenvalue weighted by atomic mass is 35.5. The fourth-order valence-electron chi connectivity index (χ4n) is 3.19. The summed E-state index contributed by atoms with van der Waals surface area (Å²) in [6, 6.07) is 5.66. The number of hydrogen-bond donors (Lipinski definition) is 0. The number of carbonyl (C=O) groups excluding carboxylic acids is 1. The summed E-state index contributed by atoms with van der Waals surface area (Å²) in [6.07, 6.45) is 0.289. The quantitative estimate of drug-likeness (QED) is 0.588. The van der Waals surface area contributed by atoms with Crippen LogP contribution in [0, 0.1) is 5.95 Å². The Morgan fingerprint density at radius 1 is 1.28 bits per heavy atom. The Labute approximate surface area is 167 Å². The van der Waals surface area contributed by atoms with Gasteiger partial charge >= 0.3 is 0 Å². The van der Waals surface area contributed by atoms with Crippen LogP contribution in [-0.2, 0) is 17.3 Å². The van der Waals surface area contributed by atoms with Crippen molar-refractivity contribution in [2.24, 2.45) is 0 Å². The van der Waals surface area contributed by atoms with Gasteiger partial charge in [0.2, 0.25) is 5.91 Å². The first-order valence-electron chi connectivity index (χ1n) is 8.75. The average molecular weight is 427 g/mol. The van der Waals surface area contributed by atoms with E-state index in [1.165, 1.54) is 29.3 Å². The number of carbonyl (C=O) groups is 1. The lowest BCUT2D eigenvalue weighted by Crippen LogP contribution is -2.52. The van der Waals surface area contributed by atoms with Crippen LogP contribution in [0.1, 0.15) is 12.5 Å². The first-order valence-corrected chi connectivity index (χ1v) is 9.13. The van der Waals surface area contributed by atoms with E-state index in [2.05, 4.69) is 10.1 Å². The molecule has 0 N–H and O–H groups in total. The number of amides is 1. The lowest BCUT2D eigenvalue weighted by Gasteiger charge is -2.34. The second-order valence-corrected chi connectivity index (χ2v) is 7.43. The van der Waals surface area contributed by atoms with Gasteiger partial charge in [-0.3, -0.25) is 9.48 Å². The van der Waals surface area contributed by atoms with Crippen LogP contribution in [0.15, 0.2) is 30.5 Å². The molecule has 0 radical (unpaired) electrons. The number of fused-ring (bicyclic) bond motifs is 1. The Morgan fingerprint density at radius 2 is 2.00 bits per heavy atom. The first-order chi connectivity index (χ1) is 13.6. The number of likely N-dealkylation sites (tertiary alicyclic amines) is 1. The van der Waals surface area contributed by atoms with E-state index in [1.54, 1.807) is 6.07 Å². The molecule has 29 heavy (non-hydrogen) atoms. The Balaban J connectivity index is 1.71. The Hall–Kier alpha value is -2.68. The second-order valence-electron chi connectivity index (χ2n) is 7.02. The number of alkyl halides is 3. The molecule has 0 unspecified atom stereocenters. The van der Waals surface area contributed by atoms with Crippen molar-refractivity contribution in [2.45, 2.75) is 25.6 Å². The number of halogens is 5. The Kier molecular flexibility index (Phi) is 4.72. The van der Waals surface area contributed by atoms with E-state index >= 15 is 0 Å². The van der Waals surface area contributed by atoms with Crippen LogP contribution in [-0.4, -0.2) is 44.8 Å². The molecule has 0 bridgehead atoms. The largest absolute Gasteiger partial charge is 0.335 e. The lowest BCUT2D eigenvalue weighted by molar-refractivity contribution is -0.139. The van der Waals surface area contributed by atoms with Crippen LogP contribution >= 0.6 is 11.6 Å². The van der Waals surface area contributed by atoms with Crippen LogP contribution in [0.2, 0.25) is 5.02 Å². The molecule has 1 saturated heterocycles. The summed E-state index contributed by atoms with van der Waals surface area (Å²) in [5.41, 5.74) is 0.669. The maximum Gasteiger partial charge on any atom is 0.271 e. The van der Waals surface area contributed by atoms with Crippen molar-refractivity contribution in [3.8, 4) is 11.1 Å². The van der Waals surface area contributed by atoms with Gasteiger partial charge < -0.3 is 4.90 Å². The maximum atomic E-state index is 14.1. The number of aromatic nitrogens is 3. The summed E-state index contributed by atoms with van der Waals surface area (Å²) >= 11 is 5.88. The molecule has 4 rings (SSSR count). The van der Waals surface area contributed by atoms with Crippen molar-refractivity contribution in [2.75, 3.05) is 13.1 Å². The number of rotatable bonds is 4. The second kappa shape index (κ2) is 6.98. The van der Waals surface area contributed by atoms with Gasteiger partial charge in [0, 0.05) is 29.3 Å². The number of nitrogens with zero attached hydrogens (tertiary/aromatic N) is 4. The zero-order valence-electron chi connectivity index (χ0n) is 15.2. The van der Waals surface area contributed by atoms with Crippen molar-refractivity contribution in [1.82, 2.24) is 19.7 Å². The fraction of sp³-hybridized carbons (Fsp3) is 0.316. The highest BCUT2D eigenvalue weighted by molar-refractivity contribution is 6.31. The van der Waals surface area contributed by atoms with E-state index in [9.17, 15) is 22.4 Å². The molecule has 1 aliphatic heterocycles. The number of hydrogen-bond acceptors (Lipinski definition) is 3. The van der Waals surface area contributed by atoms with Crippen LogP contribution in [0.25, 0.3) is 22.2 Å². The topological polar surface area (TPSA) is 51.0 Å². The van der Waals surface area contributed by atoms with Crippen molar-refractivity contribution in [3.05, 3.63) is 47.0 Å². The minimum absolute atomic E-state index is 0.00278. The van der Waals surface area contributed by atoms with Crippen LogP contribution in [0.3, 0.4) is 0 Å². The first kappa shape index (κ1) is 19.6. The third-order valence-corrected chi connectivity index (χ3v) is 5.13. The summed E-state index contributed by atoms with van der Waals surface area (Å²) in [6.45, 7) is 0.468. The van der Waals surface area contributed by atoms with Gasteiger partial charge in [0.05, 0.1) is 18.6 Å². The molecular formula is C19H15ClF4N4O. The molecule has 1 fully saturated rings. The van der Waals surface area contributed by atoms with Gasteiger partial charge in [-0.2, -0.15) is 4.39 Å². The molecule has 0 saturated carbocycles. The standard InChI is InChI=1S/C19H15ClF4N4O/c1-19(23,24)13-4-10(2-3-14(13)20)11-5-15-17(25-6-11)18(22)26-28(15)9-16(29)27-7-12(21)8-27/h2-6,12H,7-9H2,1H3. The monoisotopic (exact) mass is 426 g/mol. The smallest absolute Gasteiger partial charge is 0.271 e.